The molecular formula is C21H25O9P-2. The zero-order chi connectivity index (χ0) is 21.9. The lowest BCUT2D eigenvalue weighted by Crippen LogP contribution is -2.76. The van der Waals surface area contributed by atoms with E-state index in [1.807, 2.05) is 0 Å². The van der Waals surface area contributed by atoms with E-state index in [0.717, 1.165) is 25.7 Å². The molecule has 170 valence electrons. The van der Waals surface area contributed by atoms with Gasteiger partial charge in [0.1, 0.15) is 13.6 Å². The highest BCUT2D eigenvalue weighted by Gasteiger charge is 2.76. The number of phosphoric acid groups is 1. The average Bonchev–Trinajstić information content (AvgIpc) is 2.65. The van der Waals surface area contributed by atoms with Crippen molar-refractivity contribution >= 4 is 13.8 Å². The molecule has 0 amide bonds. The summed E-state index contributed by atoms with van der Waals surface area (Å²) < 4.78 is 22.0. The van der Waals surface area contributed by atoms with Crippen molar-refractivity contribution in [2.75, 3.05) is 6.61 Å². The molecule has 5 fully saturated rings. The molecular weight excluding hydrogens is 427 g/mol. The molecule has 10 heteroatoms. The van der Waals surface area contributed by atoms with E-state index in [-0.39, 0.29) is 30.6 Å². The third-order valence-corrected chi connectivity index (χ3v) is 7.87. The zero-order valence-corrected chi connectivity index (χ0v) is 17.8. The molecule has 1 aromatic rings. The Morgan fingerprint density at radius 1 is 1.13 bits per heavy atom. The van der Waals surface area contributed by atoms with Gasteiger partial charge in [-0.3, -0.25) is 4.79 Å². The number of carbonyl (C=O) groups is 1. The molecule has 31 heavy (non-hydrogen) atoms. The second-order valence-electron chi connectivity index (χ2n) is 9.29. The van der Waals surface area contributed by atoms with Crippen LogP contribution in [0.1, 0.15) is 50.5 Å². The van der Waals surface area contributed by atoms with Crippen molar-refractivity contribution in [2.24, 2.45) is 23.7 Å². The minimum Gasteiger partial charge on any atom is -0.780 e. The van der Waals surface area contributed by atoms with E-state index in [9.17, 15) is 19.1 Å². The lowest BCUT2D eigenvalue weighted by atomic mass is 9.47. The Labute approximate surface area is 179 Å². The fraction of sp³-hybridized carbons (Fsp3) is 0.667. The van der Waals surface area contributed by atoms with Gasteiger partial charge in [-0.15, -0.1) is 0 Å². The van der Waals surface area contributed by atoms with Gasteiger partial charge in [0.25, 0.3) is 5.79 Å². The number of carboxylic acids is 1. The first kappa shape index (κ1) is 21.4. The highest BCUT2D eigenvalue weighted by Crippen LogP contribution is 2.69. The lowest BCUT2D eigenvalue weighted by Gasteiger charge is -2.69. The summed E-state index contributed by atoms with van der Waals surface area (Å²) >= 11 is 0. The number of hydrogen-bond donors (Lipinski definition) is 1. The summed E-state index contributed by atoms with van der Waals surface area (Å²) in [6.07, 6.45) is 5.57. The molecule has 1 N–H and O–H groups in total. The van der Waals surface area contributed by atoms with E-state index >= 15 is 0 Å². The Balaban J connectivity index is 1.50. The smallest absolute Gasteiger partial charge is 0.303 e. The molecule has 5 aliphatic rings. The zero-order valence-electron chi connectivity index (χ0n) is 16.9. The van der Waals surface area contributed by atoms with Crippen molar-refractivity contribution in [3.8, 4) is 5.75 Å². The van der Waals surface area contributed by atoms with Gasteiger partial charge >= 0.3 is 5.97 Å². The van der Waals surface area contributed by atoms with Crippen LogP contribution < -0.4 is 14.3 Å². The van der Waals surface area contributed by atoms with Crippen LogP contribution in [0.5, 0.6) is 5.75 Å². The maximum absolute atomic E-state index is 11.1. The molecule has 4 bridgehead atoms. The Morgan fingerprint density at radius 2 is 1.81 bits per heavy atom. The van der Waals surface area contributed by atoms with Crippen LogP contribution in [-0.4, -0.2) is 23.3 Å². The molecule has 9 nitrogen and oxygen atoms in total. The molecule has 1 unspecified atom stereocenters. The largest absolute Gasteiger partial charge is 0.780 e. The Bertz CT molecular complexity index is 884. The predicted molar refractivity (Wildman–Crippen MR) is 101 cm³/mol. The molecule has 4 aliphatic carbocycles. The van der Waals surface area contributed by atoms with E-state index in [2.05, 4.69) is 4.52 Å². The van der Waals surface area contributed by atoms with Crippen LogP contribution in [0.4, 0.5) is 0 Å². The van der Waals surface area contributed by atoms with Gasteiger partial charge < -0.3 is 28.7 Å². The third kappa shape index (κ3) is 3.52. The minimum absolute atomic E-state index is 0.0420. The Morgan fingerprint density at radius 3 is 2.35 bits per heavy atom. The Kier molecular flexibility index (Phi) is 5.20. The van der Waals surface area contributed by atoms with E-state index < -0.39 is 25.2 Å². The summed E-state index contributed by atoms with van der Waals surface area (Å²) in [6, 6.07) is 6.14. The van der Waals surface area contributed by atoms with Gasteiger partial charge in [-0.05, 0) is 74.3 Å². The second-order valence-corrected chi connectivity index (χ2v) is 10.4. The molecule has 1 aromatic carbocycles. The van der Waals surface area contributed by atoms with Gasteiger partial charge in [-0.2, -0.15) is 4.89 Å². The highest BCUT2D eigenvalue weighted by atomic mass is 31.2. The molecule has 4 saturated carbocycles. The van der Waals surface area contributed by atoms with Gasteiger partial charge in [0.05, 0.1) is 6.61 Å². The van der Waals surface area contributed by atoms with Gasteiger partial charge in [0, 0.05) is 12.0 Å². The molecule has 1 saturated heterocycles. The first-order valence-corrected chi connectivity index (χ1v) is 12.2. The number of aliphatic carboxylic acids is 1. The van der Waals surface area contributed by atoms with E-state index in [0.29, 0.717) is 23.8 Å². The number of benzene rings is 1. The van der Waals surface area contributed by atoms with E-state index in [1.165, 1.54) is 18.6 Å². The molecule has 0 radical (unpaired) electrons. The maximum Gasteiger partial charge on any atom is 0.303 e. The number of phosphoric ester groups is 1. The van der Waals surface area contributed by atoms with Gasteiger partial charge in [-0.1, -0.05) is 12.1 Å². The van der Waals surface area contributed by atoms with Crippen molar-refractivity contribution in [2.45, 2.75) is 56.3 Å². The quantitative estimate of drug-likeness (QED) is 0.357. The van der Waals surface area contributed by atoms with Crippen molar-refractivity contribution in [3.05, 3.63) is 29.8 Å². The fourth-order valence-electron chi connectivity index (χ4n) is 6.59. The molecule has 1 aliphatic heterocycles. The summed E-state index contributed by atoms with van der Waals surface area (Å²) in [6.45, 7) is 0.135. The average molecular weight is 452 g/mol. The minimum atomic E-state index is -5.23. The van der Waals surface area contributed by atoms with Crippen molar-refractivity contribution < 1.29 is 43.3 Å². The third-order valence-electron chi connectivity index (χ3n) is 7.43. The second kappa shape index (κ2) is 7.54. The summed E-state index contributed by atoms with van der Waals surface area (Å²) in [5.41, 5.74) is -0.214. The predicted octanol–water partition coefficient (Wildman–Crippen LogP) is 2.08. The van der Waals surface area contributed by atoms with Crippen LogP contribution in [0.15, 0.2) is 24.3 Å². The number of rotatable bonds is 8. The molecule has 1 heterocycles. The SMILES string of the molecule is O=C(O)CCCOC1(c2cccc(OP(=O)([O-])[O-])c2)OOC12C1CC3CC(C1)CC2C3. The van der Waals surface area contributed by atoms with Crippen LogP contribution in [-0.2, 0) is 29.7 Å². The standard InChI is InChI=1S/C21H27O9P/c22-19(23)5-2-6-27-21(15-3-1-4-18(12-15)28-31(24,25)26)20(29-30-21)16-8-13-7-14(10-16)11-17(20)9-13/h1,3-4,12-14,16-17H,2,5-11H2,(H,22,23)(H2,24,25,26)/p-2. The highest BCUT2D eigenvalue weighted by molar-refractivity contribution is 7.43. The normalized spacial score (nSPS) is 38.3. The van der Waals surface area contributed by atoms with Gasteiger partial charge in [0.2, 0.25) is 0 Å². The summed E-state index contributed by atoms with van der Waals surface area (Å²) in [7, 11) is -5.23. The first-order chi connectivity index (χ1) is 14.7. The van der Waals surface area contributed by atoms with Crippen LogP contribution in [0.3, 0.4) is 0 Å². The van der Waals surface area contributed by atoms with Gasteiger partial charge in [-0.25, -0.2) is 4.89 Å². The van der Waals surface area contributed by atoms with Crippen LogP contribution in [0.25, 0.3) is 0 Å². The first-order valence-electron chi connectivity index (χ1n) is 10.8. The van der Waals surface area contributed by atoms with Crippen molar-refractivity contribution in [1.29, 1.82) is 0 Å². The molecule has 0 aromatic heterocycles. The maximum atomic E-state index is 11.1. The van der Waals surface area contributed by atoms with Crippen LogP contribution >= 0.6 is 7.82 Å². The van der Waals surface area contributed by atoms with Crippen molar-refractivity contribution in [3.63, 3.8) is 0 Å². The summed E-state index contributed by atoms with van der Waals surface area (Å²) in [5.74, 6) is -0.535. The van der Waals surface area contributed by atoms with Crippen molar-refractivity contribution in [1.82, 2.24) is 0 Å². The molecule has 1 spiro atoms. The molecule has 6 rings (SSSR count). The monoisotopic (exact) mass is 452 g/mol. The fourth-order valence-corrected chi connectivity index (χ4v) is 6.96. The topological polar surface area (TPSA) is 137 Å². The summed E-state index contributed by atoms with van der Waals surface area (Å²) in [4.78, 5) is 44.8. The van der Waals surface area contributed by atoms with Gasteiger partial charge in [0.15, 0.2) is 5.60 Å². The number of carboxylic acid groups (broad SMARTS) is 1. The number of hydrogen-bond acceptors (Lipinski definition) is 8. The summed E-state index contributed by atoms with van der Waals surface area (Å²) in [5, 5.41) is 8.97. The van der Waals surface area contributed by atoms with Crippen LogP contribution in [0, 0.1) is 23.7 Å². The molecule has 1 atom stereocenters. The van der Waals surface area contributed by atoms with E-state index in [4.69, 9.17) is 19.6 Å². The van der Waals surface area contributed by atoms with Crippen LogP contribution in [0.2, 0.25) is 0 Å². The van der Waals surface area contributed by atoms with E-state index in [1.54, 1.807) is 12.1 Å². The Hall–Kier alpha value is -1.48. The number of ether oxygens (including phenoxy) is 1. The lowest BCUT2D eigenvalue weighted by molar-refractivity contribution is -0.648.